The summed E-state index contributed by atoms with van der Waals surface area (Å²) < 4.78 is 5.52. The number of nitrogens with one attached hydrogen (secondary N) is 2. The molecular weight excluding hydrogens is 328 g/mol. The molecule has 0 unspecified atom stereocenters. The van der Waals surface area contributed by atoms with Crippen LogP contribution in [0.25, 0.3) is 10.8 Å². The molecule has 0 saturated heterocycles. The van der Waals surface area contributed by atoms with Crippen molar-refractivity contribution in [2.75, 3.05) is 6.54 Å². The lowest BCUT2D eigenvalue weighted by Gasteiger charge is -2.09. The average Bonchev–Trinajstić information content (AvgIpc) is 3.32. The van der Waals surface area contributed by atoms with Gasteiger partial charge >= 0.3 is 0 Å². The van der Waals surface area contributed by atoms with Crippen LogP contribution in [0.1, 0.15) is 18.2 Å². The summed E-state index contributed by atoms with van der Waals surface area (Å²) in [5, 5.41) is 12.7. The lowest BCUT2D eigenvalue weighted by Crippen LogP contribution is -2.36. The highest BCUT2D eigenvalue weighted by Crippen LogP contribution is 2.23. The summed E-state index contributed by atoms with van der Waals surface area (Å²) in [7, 11) is 0. The van der Waals surface area contributed by atoms with Gasteiger partial charge in [-0.15, -0.1) is 11.3 Å². The van der Waals surface area contributed by atoms with Gasteiger partial charge in [-0.2, -0.15) is 11.3 Å². The van der Waals surface area contributed by atoms with Crippen molar-refractivity contribution in [1.29, 1.82) is 0 Å². The van der Waals surface area contributed by atoms with Crippen LogP contribution in [0.3, 0.4) is 0 Å². The topological polar surface area (TPSA) is 62.5 Å². The van der Waals surface area contributed by atoms with E-state index in [2.05, 4.69) is 37.4 Å². The summed E-state index contributed by atoms with van der Waals surface area (Å²) in [5.74, 6) is 1.44. The molecule has 2 N–H and O–H groups in total. The molecule has 3 aromatic rings. The van der Waals surface area contributed by atoms with Crippen LogP contribution in [0, 0.1) is 0 Å². The first kappa shape index (κ1) is 15.8. The van der Waals surface area contributed by atoms with E-state index in [-0.39, 0.29) is 0 Å². The van der Waals surface area contributed by atoms with Crippen LogP contribution in [-0.4, -0.2) is 17.5 Å². The maximum atomic E-state index is 5.52. The summed E-state index contributed by atoms with van der Waals surface area (Å²) >= 11 is 3.30. The standard InChI is InChI=1S/C16H18N4OS2/c1-2-17-16(18-8-12-5-7-22-11-12)19-9-13-10-21-15(20-13)14-4-3-6-23-14/h3-7,10-11H,2,8-9H2,1H3,(H2,17,18,19). The van der Waals surface area contributed by atoms with Gasteiger partial charge in [-0.3, -0.25) is 0 Å². The molecule has 7 heteroatoms. The fourth-order valence-electron chi connectivity index (χ4n) is 1.97. The normalized spacial score (nSPS) is 11.6. The maximum absolute atomic E-state index is 5.52. The number of aliphatic imine (C=N–C) groups is 1. The number of hydrogen-bond acceptors (Lipinski definition) is 5. The van der Waals surface area contributed by atoms with Crippen molar-refractivity contribution in [1.82, 2.24) is 15.6 Å². The monoisotopic (exact) mass is 346 g/mol. The summed E-state index contributed by atoms with van der Waals surface area (Å²) in [5.41, 5.74) is 2.07. The molecule has 0 bridgehead atoms. The largest absolute Gasteiger partial charge is 0.443 e. The Balaban J connectivity index is 1.59. The fraction of sp³-hybridized carbons (Fsp3) is 0.250. The number of thiophene rings is 2. The van der Waals surface area contributed by atoms with Gasteiger partial charge in [0, 0.05) is 6.54 Å². The lowest BCUT2D eigenvalue weighted by molar-refractivity contribution is 0.573. The molecule has 23 heavy (non-hydrogen) atoms. The zero-order valence-corrected chi connectivity index (χ0v) is 14.4. The van der Waals surface area contributed by atoms with E-state index in [1.807, 2.05) is 24.4 Å². The first-order valence-electron chi connectivity index (χ1n) is 7.36. The second-order valence-corrected chi connectivity index (χ2v) is 6.53. The van der Waals surface area contributed by atoms with Gasteiger partial charge in [-0.1, -0.05) is 6.07 Å². The van der Waals surface area contributed by atoms with E-state index in [0.717, 1.165) is 23.1 Å². The molecule has 0 spiro atoms. The first-order chi connectivity index (χ1) is 11.3. The quantitative estimate of drug-likeness (QED) is 0.527. The van der Waals surface area contributed by atoms with E-state index < -0.39 is 0 Å². The molecule has 0 aromatic carbocycles. The van der Waals surface area contributed by atoms with E-state index in [1.54, 1.807) is 28.9 Å². The van der Waals surface area contributed by atoms with E-state index in [4.69, 9.17) is 4.42 Å². The summed E-state index contributed by atoms with van der Waals surface area (Å²) in [6.07, 6.45) is 1.69. The van der Waals surface area contributed by atoms with E-state index in [9.17, 15) is 0 Å². The Morgan fingerprint density at radius 1 is 1.30 bits per heavy atom. The highest BCUT2D eigenvalue weighted by Gasteiger charge is 2.08. The minimum atomic E-state index is 0.574. The molecule has 0 aliphatic carbocycles. The molecule has 0 amide bonds. The van der Waals surface area contributed by atoms with Gasteiger partial charge in [0.25, 0.3) is 0 Å². The van der Waals surface area contributed by atoms with Crippen molar-refractivity contribution >= 4 is 28.6 Å². The van der Waals surface area contributed by atoms with Gasteiger partial charge in [-0.25, -0.2) is 9.98 Å². The Bertz CT molecular complexity index is 732. The zero-order valence-electron chi connectivity index (χ0n) is 12.8. The van der Waals surface area contributed by atoms with Crippen LogP contribution in [0.15, 0.2) is 50.0 Å². The van der Waals surface area contributed by atoms with Crippen molar-refractivity contribution in [3.63, 3.8) is 0 Å². The molecule has 3 aromatic heterocycles. The molecule has 0 atom stereocenters. The van der Waals surface area contributed by atoms with E-state index >= 15 is 0 Å². The number of hydrogen-bond donors (Lipinski definition) is 2. The highest BCUT2D eigenvalue weighted by atomic mass is 32.1. The lowest BCUT2D eigenvalue weighted by atomic mass is 10.3. The summed E-state index contributed by atoms with van der Waals surface area (Å²) in [6, 6.07) is 6.07. The van der Waals surface area contributed by atoms with Gasteiger partial charge in [0.2, 0.25) is 5.89 Å². The molecule has 0 aliphatic heterocycles. The van der Waals surface area contributed by atoms with Crippen LogP contribution in [0.2, 0.25) is 0 Å². The minimum absolute atomic E-state index is 0.574. The molecule has 5 nitrogen and oxygen atoms in total. The third-order valence-electron chi connectivity index (χ3n) is 3.06. The van der Waals surface area contributed by atoms with Gasteiger partial charge in [0.05, 0.1) is 23.7 Å². The Morgan fingerprint density at radius 3 is 3.00 bits per heavy atom. The highest BCUT2D eigenvalue weighted by molar-refractivity contribution is 7.13. The second kappa shape index (κ2) is 7.94. The van der Waals surface area contributed by atoms with Crippen LogP contribution >= 0.6 is 22.7 Å². The van der Waals surface area contributed by atoms with Crippen LogP contribution in [0.5, 0.6) is 0 Å². The number of nitrogens with zero attached hydrogens (tertiary/aromatic N) is 2. The maximum Gasteiger partial charge on any atom is 0.236 e. The minimum Gasteiger partial charge on any atom is -0.443 e. The second-order valence-electron chi connectivity index (χ2n) is 4.80. The summed E-state index contributed by atoms with van der Waals surface area (Å²) in [4.78, 5) is 10.1. The van der Waals surface area contributed by atoms with Crippen molar-refractivity contribution in [3.8, 4) is 10.8 Å². The molecule has 0 fully saturated rings. The smallest absolute Gasteiger partial charge is 0.236 e. The molecule has 3 heterocycles. The number of oxazole rings is 1. The number of rotatable bonds is 6. The Kier molecular flexibility index (Phi) is 5.44. The molecule has 0 aliphatic rings. The summed E-state index contributed by atoms with van der Waals surface area (Å²) in [6.45, 7) is 4.10. The van der Waals surface area contributed by atoms with Gasteiger partial charge in [-0.05, 0) is 40.8 Å². The van der Waals surface area contributed by atoms with Gasteiger partial charge < -0.3 is 15.1 Å². The molecule has 120 valence electrons. The molecule has 0 saturated carbocycles. The van der Waals surface area contributed by atoms with Gasteiger partial charge in [0.1, 0.15) is 6.26 Å². The van der Waals surface area contributed by atoms with E-state index in [1.165, 1.54) is 5.56 Å². The third-order valence-corrected chi connectivity index (χ3v) is 4.65. The van der Waals surface area contributed by atoms with Crippen molar-refractivity contribution in [3.05, 3.63) is 51.9 Å². The molecule has 0 radical (unpaired) electrons. The Labute approximate surface area is 143 Å². The van der Waals surface area contributed by atoms with Gasteiger partial charge in [0.15, 0.2) is 5.96 Å². The van der Waals surface area contributed by atoms with Crippen LogP contribution < -0.4 is 10.6 Å². The predicted octanol–water partition coefficient (Wildman–Crippen LogP) is 3.72. The van der Waals surface area contributed by atoms with Crippen molar-refractivity contribution in [2.45, 2.75) is 20.0 Å². The number of guanidine groups is 1. The first-order valence-corrected chi connectivity index (χ1v) is 9.19. The zero-order chi connectivity index (χ0) is 15.9. The number of aromatic nitrogens is 1. The molecule has 3 rings (SSSR count). The predicted molar refractivity (Wildman–Crippen MR) is 95.8 cm³/mol. The average molecular weight is 346 g/mol. The van der Waals surface area contributed by atoms with Crippen molar-refractivity contribution in [2.24, 2.45) is 4.99 Å². The SMILES string of the molecule is CCNC(=NCc1ccsc1)NCc1coc(-c2cccs2)n1. The molecular formula is C16H18N4OS2. The van der Waals surface area contributed by atoms with E-state index in [0.29, 0.717) is 19.0 Å². The van der Waals surface area contributed by atoms with Crippen LogP contribution in [0.4, 0.5) is 0 Å². The third kappa shape index (κ3) is 4.43. The van der Waals surface area contributed by atoms with Crippen LogP contribution in [-0.2, 0) is 13.1 Å². The van der Waals surface area contributed by atoms with Crippen molar-refractivity contribution < 1.29 is 4.42 Å². The Morgan fingerprint density at radius 2 is 2.26 bits per heavy atom. The fourth-order valence-corrected chi connectivity index (χ4v) is 3.29. The Hall–Kier alpha value is -2.12.